The number of hydrogen-bond acceptors (Lipinski definition) is 4. The van der Waals surface area contributed by atoms with Crippen molar-refractivity contribution in [2.75, 3.05) is 5.32 Å². The maximum absolute atomic E-state index is 12.0. The molecule has 0 spiro atoms. The van der Waals surface area contributed by atoms with E-state index in [0.29, 0.717) is 16.3 Å². The van der Waals surface area contributed by atoms with Crippen LogP contribution in [0, 0.1) is 6.92 Å². The number of nitrogens with two attached hydrogens (primary N) is 1. The monoisotopic (exact) mass is 325 g/mol. The standard InChI is InChI=1S/C13H12ClN3O3S/c1-8-10(3-2-4-12(8)21(15,19)20)17-13(18)11-6-5-9(14)7-16-11/h2-7H,1H3,(H,17,18)(H2,15,19,20). The van der Waals surface area contributed by atoms with E-state index < -0.39 is 15.9 Å². The van der Waals surface area contributed by atoms with E-state index in [0.717, 1.165) is 0 Å². The van der Waals surface area contributed by atoms with Crippen LogP contribution in [0.5, 0.6) is 0 Å². The van der Waals surface area contributed by atoms with Crippen molar-refractivity contribution >= 4 is 33.2 Å². The Labute approximate surface area is 127 Å². The molecular weight excluding hydrogens is 314 g/mol. The first-order valence-electron chi connectivity index (χ1n) is 5.84. The van der Waals surface area contributed by atoms with E-state index in [9.17, 15) is 13.2 Å². The number of hydrogen-bond donors (Lipinski definition) is 2. The Morgan fingerprint density at radius 2 is 2.00 bits per heavy atom. The SMILES string of the molecule is Cc1c(NC(=O)c2ccc(Cl)cn2)cccc1S(N)(=O)=O. The van der Waals surface area contributed by atoms with Crippen molar-refractivity contribution in [3.63, 3.8) is 0 Å². The molecular formula is C13H12ClN3O3S. The number of aromatic nitrogens is 1. The van der Waals surface area contributed by atoms with Crippen LogP contribution in [0.3, 0.4) is 0 Å². The molecule has 0 bridgehead atoms. The summed E-state index contributed by atoms with van der Waals surface area (Å²) in [5, 5.41) is 8.13. The van der Waals surface area contributed by atoms with Crippen LogP contribution in [0.25, 0.3) is 0 Å². The molecule has 0 saturated carbocycles. The maximum atomic E-state index is 12.0. The number of carbonyl (C=O) groups is 1. The fourth-order valence-corrected chi connectivity index (χ4v) is 2.67. The molecule has 0 saturated heterocycles. The molecule has 0 unspecified atom stereocenters. The minimum absolute atomic E-state index is 0.0376. The Morgan fingerprint density at radius 1 is 1.29 bits per heavy atom. The number of sulfonamides is 1. The molecule has 0 atom stereocenters. The highest BCUT2D eigenvalue weighted by Gasteiger charge is 2.16. The number of primary sulfonamides is 1. The van der Waals surface area contributed by atoms with Gasteiger partial charge in [-0.3, -0.25) is 4.79 Å². The van der Waals surface area contributed by atoms with Crippen molar-refractivity contribution in [1.82, 2.24) is 4.98 Å². The second-order valence-corrected chi connectivity index (χ2v) is 6.26. The van der Waals surface area contributed by atoms with Crippen LogP contribution in [-0.4, -0.2) is 19.3 Å². The van der Waals surface area contributed by atoms with E-state index in [-0.39, 0.29) is 10.6 Å². The largest absolute Gasteiger partial charge is 0.320 e. The molecule has 2 rings (SSSR count). The van der Waals surface area contributed by atoms with Crippen LogP contribution in [-0.2, 0) is 10.0 Å². The summed E-state index contributed by atoms with van der Waals surface area (Å²) in [5.74, 6) is -0.471. The van der Waals surface area contributed by atoms with Gasteiger partial charge in [-0.15, -0.1) is 0 Å². The number of pyridine rings is 1. The minimum atomic E-state index is -3.85. The van der Waals surface area contributed by atoms with Crippen LogP contribution < -0.4 is 10.5 Å². The Kier molecular flexibility index (Phi) is 4.26. The zero-order chi connectivity index (χ0) is 15.6. The van der Waals surface area contributed by atoms with Gasteiger partial charge in [-0.25, -0.2) is 18.5 Å². The molecule has 8 heteroatoms. The Morgan fingerprint density at radius 3 is 2.57 bits per heavy atom. The molecule has 2 aromatic rings. The van der Waals surface area contributed by atoms with Crippen LogP contribution in [0.15, 0.2) is 41.4 Å². The molecule has 0 aliphatic carbocycles. The van der Waals surface area contributed by atoms with Gasteiger partial charge in [0.2, 0.25) is 10.0 Å². The zero-order valence-corrected chi connectivity index (χ0v) is 12.6. The molecule has 110 valence electrons. The topological polar surface area (TPSA) is 102 Å². The van der Waals surface area contributed by atoms with E-state index >= 15 is 0 Å². The zero-order valence-electron chi connectivity index (χ0n) is 11.0. The summed E-state index contributed by atoms with van der Waals surface area (Å²) in [6.07, 6.45) is 1.35. The molecule has 0 aliphatic rings. The van der Waals surface area contributed by atoms with E-state index in [1.165, 1.54) is 30.5 Å². The molecule has 0 radical (unpaired) electrons. The summed E-state index contributed by atoms with van der Waals surface area (Å²) in [6.45, 7) is 1.56. The van der Waals surface area contributed by atoms with Gasteiger partial charge in [0.05, 0.1) is 9.92 Å². The summed E-state index contributed by atoms with van der Waals surface area (Å²) in [6, 6.07) is 7.46. The highest BCUT2D eigenvalue weighted by molar-refractivity contribution is 7.89. The van der Waals surface area contributed by atoms with Crippen LogP contribution in [0.1, 0.15) is 16.1 Å². The Hall–Kier alpha value is -1.96. The van der Waals surface area contributed by atoms with E-state index in [1.54, 1.807) is 13.0 Å². The summed E-state index contributed by atoms with van der Waals surface area (Å²) < 4.78 is 22.9. The lowest BCUT2D eigenvalue weighted by molar-refractivity contribution is 0.102. The number of halogens is 1. The van der Waals surface area contributed by atoms with Crippen molar-refractivity contribution in [2.24, 2.45) is 5.14 Å². The van der Waals surface area contributed by atoms with Gasteiger partial charge in [0.25, 0.3) is 5.91 Å². The number of amides is 1. The first-order chi connectivity index (χ1) is 9.79. The minimum Gasteiger partial charge on any atom is -0.320 e. The molecule has 0 aliphatic heterocycles. The summed E-state index contributed by atoms with van der Waals surface area (Å²) in [5.41, 5.74) is 0.880. The fourth-order valence-electron chi connectivity index (χ4n) is 1.75. The predicted octanol–water partition coefficient (Wildman–Crippen LogP) is 1.94. The van der Waals surface area contributed by atoms with E-state index in [4.69, 9.17) is 16.7 Å². The number of nitrogens with zero attached hydrogens (tertiary/aromatic N) is 1. The van der Waals surface area contributed by atoms with Gasteiger partial charge in [-0.05, 0) is 36.8 Å². The molecule has 21 heavy (non-hydrogen) atoms. The molecule has 6 nitrogen and oxygen atoms in total. The predicted molar refractivity (Wildman–Crippen MR) is 79.8 cm³/mol. The van der Waals surface area contributed by atoms with Crippen molar-refractivity contribution in [3.05, 3.63) is 52.8 Å². The maximum Gasteiger partial charge on any atom is 0.274 e. The van der Waals surface area contributed by atoms with Gasteiger partial charge in [0, 0.05) is 11.9 Å². The van der Waals surface area contributed by atoms with E-state index in [1.807, 2.05) is 0 Å². The molecule has 0 fully saturated rings. The lowest BCUT2D eigenvalue weighted by Gasteiger charge is -2.11. The third-order valence-corrected chi connectivity index (χ3v) is 4.08. The summed E-state index contributed by atoms with van der Waals surface area (Å²) >= 11 is 5.70. The Balaban J connectivity index is 2.32. The van der Waals surface area contributed by atoms with Crippen LogP contribution >= 0.6 is 11.6 Å². The van der Waals surface area contributed by atoms with E-state index in [2.05, 4.69) is 10.3 Å². The van der Waals surface area contributed by atoms with Gasteiger partial charge >= 0.3 is 0 Å². The third kappa shape index (κ3) is 3.57. The summed E-state index contributed by atoms with van der Waals surface area (Å²) in [4.78, 5) is 15.9. The number of benzene rings is 1. The lowest BCUT2D eigenvalue weighted by Crippen LogP contribution is -2.17. The molecule has 1 amide bonds. The van der Waals surface area contributed by atoms with Gasteiger partial charge < -0.3 is 5.32 Å². The van der Waals surface area contributed by atoms with Gasteiger partial charge in [-0.1, -0.05) is 17.7 Å². The van der Waals surface area contributed by atoms with Crippen molar-refractivity contribution < 1.29 is 13.2 Å². The number of nitrogens with one attached hydrogen (secondary N) is 1. The Bertz CT molecular complexity index is 789. The van der Waals surface area contributed by atoms with Crippen LogP contribution in [0.2, 0.25) is 5.02 Å². The lowest BCUT2D eigenvalue weighted by atomic mass is 10.2. The first-order valence-corrected chi connectivity index (χ1v) is 7.77. The van der Waals surface area contributed by atoms with Gasteiger partial charge in [0.1, 0.15) is 5.69 Å². The normalized spacial score (nSPS) is 11.2. The number of anilines is 1. The fraction of sp³-hybridized carbons (Fsp3) is 0.0769. The van der Waals surface area contributed by atoms with Crippen molar-refractivity contribution in [2.45, 2.75) is 11.8 Å². The van der Waals surface area contributed by atoms with Crippen LogP contribution in [0.4, 0.5) is 5.69 Å². The highest BCUT2D eigenvalue weighted by Crippen LogP contribution is 2.22. The quantitative estimate of drug-likeness (QED) is 0.900. The average Bonchev–Trinajstić information content (AvgIpc) is 2.40. The second-order valence-electron chi connectivity index (χ2n) is 4.29. The molecule has 1 aromatic carbocycles. The number of rotatable bonds is 3. The average molecular weight is 326 g/mol. The van der Waals surface area contributed by atoms with Crippen molar-refractivity contribution in [3.8, 4) is 0 Å². The molecule has 1 heterocycles. The van der Waals surface area contributed by atoms with Gasteiger partial charge in [0.15, 0.2) is 0 Å². The highest BCUT2D eigenvalue weighted by atomic mass is 35.5. The third-order valence-electron chi connectivity index (χ3n) is 2.80. The van der Waals surface area contributed by atoms with Gasteiger partial charge in [-0.2, -0.15) is 0 Å². The second kappa shape index (κ2) is 5.80. The molecule has 3 N–H and O–H groups in total. The first kappa shape index (κ1) is 15.4. The van der Waals surface area contributed by atoms with Crippen molar-refractivity contribution in [1.29, 1.82) is 0 Å². The smallest absolute Gasteiger partial charge is 0.274 e. The molecule has 1 aromatic heterocycles. The summed E-state index contributed by atoms with van der Waals surface area (Å²) in [7, 11) is -3.85. The number of carbonyl (C=O) groups excluding carboxylic acids is 1.